The Bertz CT molecular complexity index is 496. The number of carboxylic acids is 1. The van der Waals surface area contributed by atoms with Crippen LogP contribution in [0.4, 0.5) is 0 Å². The molecule has 0 radical (unpaired) electrons. The van der Waals surface area contributed by atoms with Crippen molar-refractivity contribution in [3.63, 3.8) is 0 Å². The minimum atomic E-state index is -1.04. The minimum Gasteiger partial charge on any atom is -0.477 e. The molecule has 2 aromatic heterocycles. The molecule has 0 spiro atoms. The molecular formula is C9H7N3O2S. The van der Waals surface area contributed by atoms with Gasteiger partial charge in [-0.1, -0.05) is 0 Å². The van der Waals surface area contributed by atoms with Crippen LogP contribution in [0, 0.1) is 6.92 Å². The smallest absolute Gasteiger partial charge is 0.354 e. The van der Waals surface area contributed by atoms with Crippen LogP contribution in [0.25, 0.3) is 10.7 Å². The van der Waals surface area contributed by atoms with Gasteiger partial charge in [-0.2, -0.15) is 0 Å². The topological polar surface area (TPSA) is 76.0 Å². The molecule has 1 N–H and O–H groups in total. The molecule has 0 amide bonds. The van der Waals surface area contributed by atoms with E-state index in [9.17, 15) is 4.79 Å². The number of rotatable bonds is 2. The largest absolute Gasteiger partial charge is 0.477 e. The molecule has 0 saturated carbocycles. The third-order valence-corrected chi connectivity index (χ3v) is 2.60. The lowest BCUT2D eigenvalue weighted by Gasteiger charge is -2.00. The van der Waals surface area contributed by atoms with Gasteiger partial charge in [-0.3, -0.25) is 4.98 Å². The van der Waals surface area contributed by atoms with Crippen LogP contribution in [0.3, 0.4) is 0 Å². The molecule has 2 aromatic rings. The number of carbonyl (C=O) groups is 1. The maximum Gasteiger partial charge on any atom is 0.354 e. The number of hydrogen-bond acceptors (Lipinski definition) is 5. The number of aromatic carboxylic acids is 1. The summed E-state index contributed by atoms with van der Waals surface area (Å²) < 4.78 is 0. The number of nitrogens with zero attached hydrogens (tertiary/aromatic N) is 3. The molecule has 0 saturated heterocycles. The third kappa shape index (κ3) is 1.84. The SMILES string of the molecule is Cc1cnc(-c2cncs2)nc1C(=O)O. The lowest BCUT2D eigenvalue weighted by molar-refractivity contribution is 0.0689. The van der Waals surface area contributed by atoms with Gasteiger partial charge >= 0.3 is 5.97 Å². The third-order valence-electron chi connectivity index (χ3n) is 1.83. The molecule has 5 nitrogen and oxygen atoms in total. The first-order valence-electron chi connectivity index (χ1n) is 4.14. The first kappa shape index (κ1) is 9.72. The molecule has 2 heterocycles. The standard InChI is InChI=1S/C9H7N3O2S/c1-5-2-11-8(6-3-10-4-15-6)12-7(5)9(13)14/h2-4H,1H3,(H,13,14). The predicted octanol–water partition coefficient (Wildman–Crippen LogP) is 1.61. The van der Waals surface area contributed by atoms with E-state index in [0.717, 1.165) is 4.88 Å². The zero-order chi connectivity index (χ0) is 10.8. The molecule has 0 aliphatic heterocycles. The molecule has 0 aromatic carbocycles. The van der Waals surface area contributed by atoms with Crippen LogP contribution in [0.1, 0.15) is 16.1 Å². The van der Waals surface area contributed by atoms with Crippen molar-refractivity contribution in [1.29, 1.82) is 0 Å². The number of hydrogen-bond donors (Lipinski definition) is 1. The fourth-order valence-corrected chi connectivity index (χ4v) is 1.66. The van der Waals surface area contributed by atoms with Crippen LogP contribution in [0.15, 0.2) is 17.9 Å². The molecular weight excluding hydrogens is 214 g/mol. The lowest BCUT2D eigenvalue weighted by atomic mass is 10.2. The van der Waals surface area contributed by atoms with Gasteiger partial charge in [0, 0.05) is 18.0 Å². The zero-order valence-corrected chi connectivity index (χ0v) is 8.65. The van der Waals surface area contributed by atoms with E-state index in [4.69, 9.17) is 5.11 Å². The van der Waals surface area contributed by atoms with Crippen LogP contribution in [-0.4, -0.2) is 26.0 Å². The van der Waals surface area contributed by atoms with Crippen LogP contribution in [0.5, 0.6) is 0 Å². The normalized spacial score (nSPS) is 10.2. The van der Waals surface area contributed by atoms with Gasteiger partial charge in [-0.05, 0) is 6.92 Å². The van der Waals surface area contributed by atoms with Crippen LogP contribution < -0.4 is 0 Å². The molecule has 0 bridgehead atoms. The van der Waals surface area contributed by atoms with Crippen molar-refractivity contribution < 1.29 is 9.90 Å². The Labute approximate surface area is 89.5 Å². The summed E-state index contributed by atoms with van der Waals surface area (Å²) in [5, 5.41) is 8.89. The number of thiazole rings is 1. The fraction of sp³-hybridized carbons (Fsp3) is 0.111. The summed E-state index contributed by atoms with van der Waals surface area (Å²) in [6, 6.07) is 0. The van der Waals surface area contributed by atoms with E-state index >= 15 is 0 Å². The summed E-state index contributed by atoms with van der Waals surface area (Å²) in [4.78, 5) is 23.5. The molecule has 76 valence electrons. The quantitative estimate of drug-likeness (QED) is 0.833. The van der Waals surface area contributed by atoms with Crippen molar-refractivity contribution in [2.24, 2.45) is 0 Å². The monoisotopic (exact) mass is 221 g/mol. The minimum absolute atomic E-state index is 0.0356. The van der Waals surface area contributed by atoms with Crippen molar-refractivity contribution >= 4 is 17.3 Å². The van der Waals surface area contributed by atoms with Gasteiger partial charge < -0.3 is 5.11 Å². The van der Waals surface area contributed by atoms with Crippen LogP contribution in [-0.2, 0) is 0 Å². The van der Waals surface area contributed by atoms with Crippen molar-refractivity contribution in [3.05, 3.63) is 29.2 Å². The van der Waals surface area contributed by atoms with Crippen molar-refractivity contribution in [1.82, 2.24) is 15.0 Å². The summed E-state index contributed by atoms with van der Waals surface area (Å²) in [7, 11) is 0. The average molecular weight is 221 g/mol. The van der Waals surface area contributed by atoms with Gasteiger partial charge in [0.25, 0.3) is 0 Å². The van der Waals surface area contributed by atoms with E-state index in [1.165, 1.54) is 17.5 Å². The van der Waals surface area contributed by atoms with Crippen molar-refractivity contribution in [2.45, 2.75) is 6.92 Å². The van der Waals surface area contributed by atoms with Gasteiger partial charge in [0.1, 0.15) is 0 Å². The van der Waals surface area contributed by atoms with E-state index in [0.29, 0.717) is 11.4 Å². The molecule has 2 rings (SSSR count). The summed E-state index contributed by atoms with van der Waals surface area (Å²) in [6.45, 7) is 1.67. The Morgan fingerprint density at radius 2 is 2.27 bits per heavy atom. The highest BCUT2D eigenvalue weighted by Crippen LogP contribution is 2.19. The second-order valence-electron chi connectivity index (χ2n) is 2.90. The van der Waals surface area contributed by atoms with Crippen LogP contribution in [0.2, 0.25) is 0 Å². The van der Waals surface area contributed by atoms with Gasteiger partial charge in [-0.15, -0.1) is 11.3 Å². The first-order valence-corrected chi connectivity index (χ1v) is 5.02. The Kier molecular flexibility index (Phi) is 2.42. The van der Waals surface area contributed by atoms with Gasteiger partial charge in [0.2, 0.25) is 0 Å². The number of carboxylic acid groups (broad SMARTS) is 1. The first-order chi connectivity index (χ1) is 7.18. The maximum atomic E-state index is 10.8. The summed E-state index contributed by atoms with van der Waals surface area (Å²) in [5.41, 5.74) is 2.24. The highest BCUT2D eigenvalue weighted by molar-refractivity contribution is 7.13. The second kappa shape index (κ2) is 3.74. The fourth-order valence-electron chi connectivity index (χ4n) is 1.10. The second-order valence-corrected chi connectivity index (χ2v) is 3.78. The molecule has 0 unspecified atom stereocenters. The molecule has 6 heteroatoms. The predicted molar refractivity (Wildman–Crippen MR) is 54.8 cm³/mol. The summed E-state index contributed by atoms with van der Waals surface area (Å²) >= 11 is 1.37. The molecule has 0 atom stereocenters. The Hall–Kier alpha value is -1.82. The maximum absolute atomic E-state index is 10.8. The molecule has 0 aliphatic rings. The number of aromatic nitrogens is 3. The van der Waals surface area contributed by atoms with Gasteiger partial charge in [0.05, 0.1) is 10.4 Å². The van der Waals surface area contributed by atoms with E-state index < -0.39 is 5.97 Å². The summed E-state index contributed by atoms with van der Waals surface area (Å²) in [5.74, 6) is -0.638. The summed E-state index contributed by atoms with van der Waals surface area (Å²) in [6.07, 6.45) is 3.12. The molecule has 0 aliphatic carbocycles. The Morgan fingerprint density at radius 3 is 2.87 bits per heavy atom. The number of aryl methyl sites for hydroxylation is 1. The van der Waals surface area contributed by atoms with E-state index in [1.807, 2.05) is 0 Å². The lowest BCUT2D eigenvalue weighted by Crippen LogP contribution is -2.05. The van der Waals surface area contributed by atoms with E-state index in [-0.39, 0.29) is 5.69 Å². The molecule has 0 fully saturated rings. The average Bonchev–Trinajstić information content (AvgIpc) is 2.71. The molecule has 15 heavy (non-hydrogen) atoms. The van der Waals surface area contributed by atoms with Crippen molar-refractivity contribution in [3.8, 4) is 10.7 Å². The van der Waals surface area contributed by atoms with Crippen molar-refractivity contribution in [2.75, 3.05) is 0 Å². The van der Waals surface area contributed by atoms with Crippen LogP contribution >= 0.6 is 11.3 Å². The highest BCUT2D eigenvalue weighted by Gasteiger charge is 2.12. The zero-order valence-electron chi connectivity index (χ0n) is 7.84. The highest BCUT2D eigenvalue weighted by atomic mass is 32.1. The Morgan fingerprint density at radius 1 is 1.47 bits per heavy atom. The van der Waals surface area contributed by atoms with Gasteiger partial charge in [-0.25, -0.2) is 14.8 Å². The van der Waals surface area contributed by atoms with E-state index in [2.05, 4.69) is 15.0 Å². The van der Waals surface area contributed by atoms with E-state index in [1.54, 1.807) is 18.6 Å². The Balaban J connectivity index is 2.52. The van der Waals surface area contributed by atoms with Gasteiger partial charge in [0.15, 0.2) is 11.5 Å².